The number of aryl methyl sites for hydroxylation is 1. The second-order valence-corrected chi connectivity index (χ2v) is 12.2. The number of hydrogen-bond donors (Lipinski definition) is 2. The van der Waals surface area contributed by atoms with Gasteiger partial charge in [-0.25, -0.2) is 8.42 Å². The van der Waals surface area contributed by atoms with Crippen LogP contribution in [0.15, 0.2) is 66.9 Å². The third-order valence-corrected chi connectivity index (χ3v) is 8.17. The molecule has 0 amide bonds. The summed E-state index contributed by atoms with van der Waals surface area (Å²) in [4.78, 5) is 17.7. The Hall–Kier alpha value is -4.69. The summed E-state index contributed by atoms with van der Waals surface area (Å²) in [6.07, 6.45) is 2.78. The largest absolute Gasteiger partial charge is 0.495 e. The molecule has 0 bridgehead atoms. The number of nitrogens with zero attached hydrogens (tertiary/aromatic N) is 4. The maximum Gasteiger partial charge on any atom is 0.271 e. The summed E-state index contributed by atoms with van der Waals surface area (Å²) in [6, 6.07) is 16.5. The SMILES string of the molecule is COc1cc(N2C(=S)NC(c3ccccn3)C2c2cc(C)n(-c3cc([N+](=O)[O-])ccc3OC)c2C)ccc1NS(C)(=O)=O. The Morgan fingerprint density at radius 1 is 1.05 bits per heavy atom. The molecule has 4 aromatic rings. The van der Waals surface area contributed by atoms with Gasteiger partial charge in [-0.3, -0.25) is 19.8 Å². The van der Waals surface area contributed by atoms with Crippen LogP contribution in [0.1, 0.15) is 34.7 Å². The van der Waals surface area contributed by atoms with E-state index in [1.807, 2.05) is 47.6 Å². The van der Waals surface area contributed by atoms with Gasteiger partial charge < -0.3 is 24.3 Å². The highest BCUT2D eigenvalue weighted by molar-refractivity contribution is 7.92. The van der Waals surface area contributed by atoms with Crippen molar-refractivity contribution in [3.63, 3.8) is 0 Å². The molecule has 2 aromatic heterocycles. The number of sulfonamides is 1. The van der Waals surface area contributed by atoms with Gasteiger partial charge in [0, 0.05) is 41.5 Å². The lowest BCUT2D eigenvalue weighted by Gasteiger charge is -2.29. The highest BCUT2D eigenvalue weighted by atomic mass is 32.2. The van der Waals surface area contributed by atoms with E-state index in [1.165, 1.54) is 26.4 Å². The fraction of sp³-hybridized carbons (Fsp3) is 0.241. The van der Waals surface area contributed by atoms with Crippen LogP contribution < -0.4 is 24.4 Å². The first-order valence-electron chi connectivity index (χ1n) is 13.1. The van der Waals surface area contributed by atoms with Crippen molar-refractivity contribution in [1.29, 1.82) is 0 Å². The topological polar surface area (TPSA) is 141 Å². The molecule has 0 radical (unpaired) electrons. The number of anilines is 2. The van der Waals surface area contributed by atoms with Gasteiger partial charge in [0.2, 0.25) is 10.0 Å². The number of thiocarbonyl (C=S) groups is 1. The maximum absolute atomic E-state index is 11.9. The van der Waals surface area contributed by atoms with Crippen LogP contribution in [0.4, 0.5) is 17.1 Å². The van der Waals surface area contributed by atoms with Crippen LogP contribution in [0.5, 0.6) is 11.5 Å². The summed E-state index contributed by atoms with van der Waals surface area (Å²) in [5.41, 5.74) is 4.73. The molecule has 2 N–H and O–H groups in total. The van der Waals surface area contributed by atoms with E-state index in [9.17, 15) is 18.5 Å². The second-order valence-electron chi connectivity index (χ2n) is 10.0. The summed E-state index contributed by atoms with van der Waals surface area (Å²) in [7, 11) is -0.563. The zero-order valence-corrected chi connectivity index (χ0v) is 25.7. The summed E-state index contributed by atoms with van der Waals surface area (Å²) in [6.45, 7) is 3.86. The van der Waals surface area contributed by atoms with E-state index < -0.39 is 21.0 Å². The van der Waals surface area contributed by atoms with E-state index >= 15 is 0 Å². The first-order valence-corrected chi connectivity index (χ1v) is 15.4. The number of nitro groups is 1. The van der Waals surface area contributed by atoms with Crippen LogP contribution >= 0.6 is 12.2 Å². The Balaban J connectivity index is 1.70. The molecule has 2 atom stereocenters. The molecule has 3 heterocycles. The average Bonchev–Trinajstić information content (AvgIpc) is 3.47. The lowest BCUT2D eigenvalue weighted by atomic mass is 9.96. The zero-order chi connectivity index (χ0) is 31.1. The van der Waals surface area contributed by atoms with Crippen molar-refractivity contribution in [2.75, 3.05) is 30.1 Å². The van der Waals surface area contributed by atoms with Gasteiger partial charge in [-0.15, -0.1) is 0 Å². The Labute approximate surface area is 254 Å². The van der Waals surface area contributed by atoms with Gasteiger partial charge in [0.25, 0.3) is 5.69 Å². The van der Waals surface area contributed by atoms with Crippen molar-refractivity contribution < 1.29 is 22.8 Å². The third-order valence-electron chi connectivity index (χ3n) is 7.26. The molecule has 12 nitrogen and oxygen atoms in total. The predicted octanol–water partition coefficient (Wildman–Crippen LogP) is 4.96. The number of nitrogens with one attached hydrogen (secondary N) is 2. The number of methoxy groups -OCH3 is 2. The molecule has 224 valence electrons. The molecular formula is C29H30N6O6S2. The lowest BCUT2D eigenvalue weighted by Crippen LogP contribution is -2.29. The summed E-state index contributed by atoms with van der Waals surface area (Å²) in [5, 5.41) is 15.5. The molecule has 0 spiro atoms. The van der Waals surface area contributed by atoms with E-state index in [4.69, 9.17) is 21.7 Å². The molecule has 2 aromatic carbocycles. The van der Waals surface area contributed by atoms with Crippen LogP contribution in [0.25, 0.3) is 5.69 Å². The Morgan fingerprint density at radius 3 is 2.42 bits per heavy atom. The normalized spacial score (nSPS) is 16.6. The molecule has 14 heteroatoms. The minimum absolute atomic E-state index is 0.0589. The van der Waals surface area contributed by atoms with E-state index in [-0.39, 0.29) is 11.7 Å². The maximum atomic E-state index is 11.9. The van der Waals surface area contributed by atoms with Crippen molar-refractivity contribution in [1.82, 2.24) is 14.9 Å². The third kappa shape index (κ3) is 5.70. The molecule has 1 aliphatic rings. The monoisotopic (exact) mass is 622 g/mol. The number of benzene rings is 2. The van der Waals surface area contributed by atoms with Crippen molar-refractivity contribution in [3.8, 4) is 17.2 Å². The van der Waals surface area contributed by atoms with Gasteiger partial charge in [-0.2, -0.15) is 0 Å². The minimum atomic E-state index is -3.54. The summed E-state index contributed by atoms with van der Waals surface area (Å²) in [5.74, 6) is 0.799. The number of pyridine rings is 1. The number of non-ortho nitro benzene ring substituents is 1. The average molecular weight is 623 g/mol. The zero-order valence-electron chi connectivity index (χ0n) is 24.1. The predicted molar refractivity (Wildman–Crippen MR) is 168 cm³/mol. The van der Waals surface area contributed by atoms with Gasteiger partial charge in [-0.05, 0) is 68.0 Å². The van der Waals surface area contributed by atoms with Crippen LogP contribution in [-0.4, -0.2) is 48.5 Å². The van der Waals surface area contributed by atoms with Crippen molar-refractivity contribution in [2.24, 2.45) is 0 Å². The van der Waals surface area contributed by atoms with Gasteiger partial charge in [0.05, 0.1) is 54.6 Å². The number of nitro benzene ring substituents is 1. The van der Waals surface area contributed by atoms with Crippen LogP contribution in [0.2, 0.25) is 0 Å². The van der Waals surface area contributed by atoms with E-state index in [0.29, 0.717) is 33.7 Å². The Bertz CT molecular complexity index is 1830. The number of ether oxygens (including phenoxy) is 2. The van der Waals surface area contributed by atoms with Crippen molar-refractivity contribution in [3.05, 3.63) is 99.6 Å². The number of rotatable bonds is 9. The smallest absolute Gasteiger partial charge is 0.271 e. The van der Waals surface area contributed by atoms with E-state index in [1.54, 1.807) is 30.5 Å². The van der Waals surface area contributed by atoms with Gasteiger partial charge >= 0.3 is 0 Å². The quantitative estimate of drug-likeness (QED) is 0.149. The first kappa shape index (κ1) is 29.8. The van der Waals surface area contributed by atoms with E-state index in [2.05, 4.69) is 15.0 Å². The lowest BCUT2D eigenvalue weighted by molar-refractivity contribution is -0.384. The molecule has 1 aliphatic heterocycles. The van der Waals surface area contributed by atoms with Crippen LogP contribution in [-0.2, 0) is 10.0 Å². The Morgan fingerprint density at radius 2 is 1.79 bits per heavy atom. The molecule has 0 aliphatic carbocycles. The van der Waals surface area contributed by atoms with Crippen LogP contribution in [0.3, 0.4) is 0 Å². The fourth-order valence-corrected chi connectivity index (χ4v) is 6.40. The molecule has 2 unspecified atom stereocenters. The highest BCUT2D eigenvalue weighted by Gasteiger charge is 2.42. The molecular weight excluding hydrogens is 592 g/mol. The Kier molecular flexibility index (Phi) is 7.99. The molecule has 43 heavy (non-hydrogen) atoms. The molecule has 1 fully saturated rings. The van der Waals surface area contributed by atoms with Gasteiger partial charge in [0.15, 0.2) is 5.11 Å². The number of hydrogen-bond acceptors (Lipinski definition) is 8. The summed E-state index contributed by atoms with van der Waals surface area (Å²) < 4.78 is 39.4. The summed E-state index contributed by atoms with van der Waals surface area (Å²) >= 11 is 5.87. The molecule has 1 saturated heterocycles. The van der Waals surface area contributed by atoms with Crippen molar-refractivity contribution in [2.45, 2.75) is 25.9 Å². The van der Waals surface area contributed by atoms with Gasteiger partial charge in [-0.1, -0.05) is 6.07 Å². The van der Waals surface area contributed by atoms with Crippen LogP contribution in [0, 0.1) is 24.0 Å². The number of aromatic nitrogens is 2. The molecule has 0 saturated carbocycles. The van der Waals surface area contributed by atoms with Gasteiger partial charge in [0.1, 0.15) is 11.5 Å². The first-order chi connectivity index (χ1) is 20.4. The molecule has 5 rings (SSSR count). The minimum Gasteiger partial charge on any atom is -0.495 e. The standard InChI is InChI=1S/C29H30N6O6S2/c1-17-14-21(18(2)33(17)24-15-20(35(36)37)10-12-25(24)40-3)28-27(23-8-6-7-13-30-23)31-29(42)34(28)19-9-11-22(26(16-19)41-4)32-43(5,38)39/h6-16,27-28,32H,1-5H3,(H,31,42). The van der Waals surface area contributed by atoms with Crippen molar-refractivity contribution >= 4 is 44.4 Å². The fourth-order valence-electron chi connectivity index (χ4n) is 5.49. The second kappa shape index (κ2) is 11.5. The van der Waals surface area contributed by atoms with E-state index in [0.717, 1.165) is 28.9 Å². The highest BCUT2D eigenvalue weighted by Crippen LogP contribution is 2.45.